The van der Waals surface area contributed by atoms with E-state index in [0.29, 0.717) is 5.56 Å². The predicted molar refractivity (Wildman–Crippen MR) is 82.8 cm³/mol. The van der Waals surface area contributed by atoms with E-state index in [1.807, 2.05) is 24.3 Å². The number of nitrogens with zero attached hydrogens (tertiary/aromatic N) is 1. The largest absolute Gasteiger partial charge is 0.495 e. The SMILES string of the molecule is COc1cc(Nc2ccc(C#N)cc2)c(Br)cc1Br. The highest BCUT2D eigenvalue weighted by molar-refractivity contribution is 9.11. The second-order valence-corrected chi connectivity index (χ2v) is 5.49. The van der Waals surface area contributed by atoms with Crippen molar-refractivity contribution in [3.63, 3.8) is 0 Å². The third kappa shape index (κ3) is 3.28. The lowest BCUT2D eigenvalue weighted by Gasteiger charge is -2.12. The zero-order valence-electron chi connectivity index (χ0n) is 10.1. The Morgan fingerprint density at radius 2 is 1.79 bits per heavy atom. The van der Waals surface area contributed by atoms with Crippen LogP contribution in [0.5, 0.6) is 5.75 Å². The minimum Gasteiger partial charge on any atom is -0.495 e. The number of anilines is 2. The smallest absolute Gasteiger partial charge is 0.135 e. The first-order chi connectivity index (χ1) is 9.13. The number of halogens is 2. The summed E-state index contributed by atoms with van der Waals surface area (Å²) in [5.41, 5.74) is 2.44. The molecule has 2 rings (SSSR count). The van der Waals surface area contributed by atoms with Crippen molar-refractivity contribution in [1.82, 2.24) is 0 Å². The van der Waals surface area contributed by atoms with Gasteiger partial charge in [-0.3, -0.25) is 0 Å². The molecule has 0 radical (unpaired) electrons. The number of nitrogens with one attached hydrogen (secondary N) is 1. The molecule has 1 N–H and O–H groups in total. The van der Waals surface area contributed by atoms with Crippen molar-refractivity contribution >= 4 is 43.2 Å². The van der Waals surface area contributed by atoms with Gasteiger partial charge in [-0.1, -0.05) is 0 Å². The van der Waals surface area contributed by atoms with Crippen molar-refractivity contribution in [2.24, 2.45) is 0 Å². The van der Waals surface area contributed by atoms with E-state index in [1.165, 1.54) is 0 Å². The molecule has 0 amide bonds. The van der Waals surface area contributed by atoms with E-state index in [-0.39, 0.29) is 0 Å². The highest BCUT2D eigenvalue weighted by Crippen LogP contribution is 2.35. The molecule has 0 aliphatic rings. The maximum atomic E-state index is 8.76. The first-order valence-electron chi connectivity index (χ1n) is 5.44. The molecule has 0 aliphatic heterocycles. The number of nitriles is 1. The van der Waals surface area contributed by atoms with E-state index in [0.717, 1.165) is 26.1 Å². The van der Waals surface area contributed by atoms with Crippen molar-refractivity contribution in [3.05, 3.63) is 50.9 Å². The molecule has 0 saturated heterocycles. The molecular weight excluding hydrogens is 372 g/mol. The van der Waals surface area contributed by atoms with Crippen LogP contribution in [0.4, 0.5) is 11.4 Å². The monoisotopic (exact) mass is 380 g/mol. The molecule has 0 atom stereocenters. The average molecular weight is 382 g/mol. The summed E-state index contributed by atoms with van der Waals surface area (Å²) in [7, 11) is 1.62. The van der Waals surface area contributed by atoms with Crippen molar-refractivity contribution in [1.29, 1.82) is 5.26 Å². The van der Waals surface area contributed by atoms with Crippen LogP contribution in [0.1, 0.15) is 5.56 Å². The third-order valence-corrected chi connectivity index (χ3v) is 3.81. The third-order valence-electron chi connectivity index (χ3n) is 2.53. The van der Waals surface area contributed by atoms with Crippen molar-refractivity contribution < 1.29 is 4.74 Å². The first-order valence-corrected chi connectivity index (χ1v) is 7.03. The van der Waals surface area contributed by atoms with Crippen LogP contribution in [0.15, 0.2) is 45.3 Å². The molecule has 5 heteroatoms. The minimum atomic E-state index is 0.637. The van der Waals surface area contributed by atoms with Crippen LogP contribution in [0, 0.1) is 11.3 Å². The Labute approximate surface area is 128 Å². The number of rotatable bonds is 3. The van der Waals surface area contributed by atoms with Gasteiger partial charge in [-0.15, -0.1) is 0 Å². The number of ether oxygens (including phenoxy) is 1. The van der Waals surface area contributed by atoms with Gasteiger partial charge >= 0.3 is 0 Å². The van der Waals surface area contributed by atoms with Crippen LogP contribution < -0.4 is 10.1 Å². The molecule has 0 spiro atoms. The lowest BCUT2D eigenvalue weighted by Crippen LogP contribution is -1.93. The molecule has 0 bridgehead atoms. The molecule has 2 aromatic rings. The highest BCUT2D eigenvalue weighted by atomic mass is 79.9. The molecule has 96 valence electrons. The molecule has 0 fully saturated rings. The van der Waals surface area contributed by atoms with Gasteiger partial charge in [0.25, 0.3) is 0 Å². The van der Waals surface area contributed by atoms with E-state index in [1.54, 1.807) is 19.2 Å². The number of benzene rings is 2. The number of methoxy groups -OCH3 is 1. The van der Waals surface area contributed by atoms with Crippen LogP contribution in [-0.4, -0.2) is 7.11 Å². The summed E-state index contributed by atoms with van der Waals surface area (Å²) in [4.78, 5) is 0. The van der Waals surface area contributed by atoms with Gasteiger partial charge in [-0.05, 0) is 62.2 Å². The van der Waals surface area contributed by atoms with E-state index < -0.39 is 0 Å². The van der Waals surface area contributed by atoms with Crippen LogP contribution >= 0.6 is 31.9 Å². The van der Waals surface area contributed by atoms with Crippen molar-refractivity contribution in [2.45, 2.75) is 0 Å². The molecular formula is C14H10Br2N2O. The van der Waals surface area contributed by atoms with Crippen molar-refractivity contribution in [3.8, 4) is 11.8 Å². The van der Waals surface area contributed by atoms with E-state index >= 15 is 0 Å². The summed E-state index contributed by atoms with van der Waals surface area (Å²) in [5.74, 6) is 0.749. The summed E-state index contributed by atoms with van der Waals surface area (Å²) in [6.07, 6.45) is 0. The molecule has 0 heterocycles. The molecule has 3 nitrogen and oxygen atoms in total. The number of hydrogen-bond donors (Lipinski definition) is 1. The summed E-state index contributed by atoms with van der Waals surface area (Å²) >= 11 is 6.92. The van der Waals surface area contributed by atoms with E-state index in [2.05, 4.69) is 43.2 Å². The Bertz CT molecular complexity index is 633. The summed E-state index contributed by atoms with van der Waals surface area (Å²) < 4.78 is 7.07. The quantitative estimate of drug-likeness (QED) is 0.827. The van der Waals surface area contributed by atoms with Crippen LogP contribution in [0.2, 0.25) is 0 Å². The lowest BCUT2D eigenvalue weighted by molar-refractivity contribution is 0.412. The Morgan fingerprint density at radius 1 is 1.11 bits per heavy atom. The maximum absolute atomic E-state index is 8.76. The average Bonchev–Trinajstić information content (AvgIpc) is 2.42. The second-order valence-electron chi connectivity index (χ2n) is 3.78. The molecule has 2 aromatic carbocycles. The predicted octanol–water partition coefficient (Wildman–Crippen LogP) is 4.84. The topological polar surface area (TPSA) is 45.0 Å². The minimum absolute atomic E-state index is 0.637. The van der Waals surface area contributed by atoms with Gasteiger partial charge in [0.1, 0.15) is 5.75 Å². The van der Waals surface area contributed by atoms with Crippen LogP contribution in [-0.2, 0) is 0 Å². The first kappa shape index (κ1) is 13.9. The van der Waals surface area contributed by atoms with Gasteiger partial charge in [-0.2, -0.15) is 5.26 Å². The molecule has 0 aromatic heterocycles. The Morgan fingerprint density at radius 3 is 2.37 bits per heavy atom. The van der Waals surface area contributed by atoms with E-state index in [4.69, 9.17) is 10.00 Å². The molecule has 0 saturated carbocycles. The second kappa shape index (κ2) is 6.09. The summed E-state index contributed by atoms with van der Waals surface area (Å²) in [5, 5.41) is 12.0. The normalized spacial score (nSPS) is 9.79. The van der Waals surface area contributed by atoms with Gasteiger partial charge in [0.05, 0.1) is 28.9 Å². The van der Waals surface area contributed by atoms with Gasteiger partial charge in [-0.25, -0.2) is 0 Å². The van der Waals surface area contributed by atoms with Gasteiger partial charge in [0.2, 0.25) is 0 Å². The maximum Gasteiger partial charge on any atom is 0.135 e. The van der Waals surface area contributed by atoms with Crippen molar-refractivity contribution in [2.75, 3.05) is 12.4 Å². The van der Waals surface area contributed by atoms with Gasteiger partial charge in [0.15, 0.2) is 0 Å². The summed E-state index contributed by atoms with van der Waals surface area (Å²) in [6.45, 7) is 0. The van der Waals surface area contributed by atoms with E-state index in [9.17, 15) is 0 Å². The molecule has 19 heavy (non-hydrogen) atoms. The van der Waals surface area contributed by atoms with Crippen LogP contribution in [0.3, 0.4) is 0 Å². The molecule has 0 aliphatic carbocycles. The summed E-state index contributed by atoms with van der Waals surface area (Å²) in [6, 6.07) is 13.2. The zero-order chi connectivity index (χ0) is 13.8. The Hall–Kier alpha value is -1.51. The van der Waals surface area contributed by atoms with Gasteiger partial charge in [0, 0.05) is 16.2 Å². The zero-order valence-corrected chi connectivity index (χ0v) is 13.2. The highest BCUT2D eigenvalue weighted by Gasteiger charge is 2.07. The fraction of sp³-hybridized carbons (Fsp3) is 0.0714. The fourth-order valence-corrected chi connectivity index (χ4v) is 2.82. The Balaban J connectivity index is 2.29. The standard InChI is InChI=1S/C14H10Br2N2O/c1-19-14-7-13(11(15)6-12(14)16)18-10-4-2-9(8-17)3-5-10/h2-7,18H,1H3. The number of hydrogen-bond acceptors (Lipinski definition) is 3. The van der Waals surface area contributed by atoms with Crippen LogP contribution in [0.25, 0.3) is 0 Å². The van der Waals surface area contributed by atoms with Gasteiger partial charge < -0.3 is 10.1 Å². The molecule has 0 unspecified atom stereocenters. The fourth-order valence-electron chi connectivity index (χ4n) is 1.56. The lowest BCUT2D eigenvalue weighted by atomic mass is 10.2. The Kier molecular flexibility index (Phi) is 4.46.